The number of aliphatic hydroxyl groups is 2. The maximum Gasteiger partial charge on any atom is 0.0622 e. The Bertz CT molecular complexity index is 590. The summed E-state index contributed by atoms with van der Waals surface area (Å²) in [4.78, 5) is 0. The molecule has 4 aliphatic rings. The Morgan fingerprint density at radius 2 is 1.57 bits per heavy atom. The second kappa shape index (κ2) is 6.71. The van der Waals surface area contributed by atoms with Crippen molar-refractivity contribution in [3.63, 3.8) is 0 Å². The van der Waals surface area contributed by atoms with Crippen LogP contribution in [0, 0.1) is 46.3 Å². The van der Waals surface area contributed by atoms with Crippen LogP contribution in [0.5, 0.6) is 0 Å². The van der Waals surface area contributed by atoms with Crippen LogP contribution in [-0.2, 0) is 0 Å². The molecule has 4 fully saturated rings. The molecule has 0 spiro atoms. The molecule has 9 unspecified atom stereocenters. The van der Waals surface area contributed by atoms with Crippen molar-refractivity contribution < 1.29 is 10.2 Å². The fourth-order valence-electron chi connectivity index (χ4n) is 9.34. The van der Waals surface area contributed by atoms with Gasteiger partial charge >= 0.3 is 0 Å². The summed E-state index contributed by atoms with van der Waals surface area (Å²) in [6, 6.07) is 0. The van der Waals surface area contributed by atoms with Gasteiger partial charge < -0.3 is 10.2 Å². The predicted molar refractivity (Wildman–Crippen MR) is 116 cm³/mol. The molecule has 0 aromatic heterocycles. The molecule has 0 bridgehead atoms. The van der Waals surface area contributed by atoms with Crippen molar-refractivity contribution >= 4 is 0 Å². The van der Waals surface area contributed by atoms with E-state index >= 15 is 0 Å². The van der Waals surface area contributed by atoms with E-state index < -0.39 is 11.2 Å². The fourth-order valence-corrected chi connectivity index (χ4v) is 9.34. The topological polar surface area (TPSA) is 40.5 Å². The Kier molecular flexibility index (Phi) is 5.07. The number of hydrogen-bond donors (Lipinski definition) is 2. The molecule has 28 heavy (non-hydrogen) atoms. The van der Waals surface area contributed by atoms with Crippen LogP contribution < -0.4 is 0 Å². The molecule has 9 atom stereocenters. The van der Waals surface area contributed by atoms with Gasteiger partial charge in [0, 0.05) is 0 Å². The van der Waals surface area contributed by atoms with Crippen LogP contribution in [-0.4, -0.2) is 21.4 Å². The van der Waals surface area contributed by atoms with Gasteiger partial charge in [-0.2, -0.15) is 0 Å². The molecule has 2 nitrogen and oxygen atoms in total. The van der Waals surface area contributed by atoms with Crippen molar-refractivity contribution in [1.29, 1.82) is 0 Å². The summed E-state index contributed by atoms with van der Waals surface area (Å²) >= 11 is 0. The van der Waals surface area contributed by atoms with Crippen molar-refractivity contribution in [3.05, 3.63) is 0 Å². The van der Waals surface area contributed by atoms with E-state index in [1.54, 1.807) is 0 Å². The van der Waals surface area contributed by atoms with Gasteiger partial charge in [-0.25, -0.2) is 0 Å². The molecular formula is C26H46O2. The lowest BCUT2D eigenvalue weighted by Crippen LogP contribution is -2.55. The number of fused-ring (bicyclic) bond motifs is 5. The summed E-state index contributed by atoms with van der Waals surface area (Å²) in [6.07, 6.45) is 12.5. The molecule has 4 aliphatic carbocycles. The molecular weight excluding hydrogens is 344 g/mol. The van der Waals surface area contributed by atoms with Crippen LogP contribution in [0.4, 0.5) is 0 Å². The van der Waals surface area contributed by atoms with Gasteiger partial charge in [0.2, 0.25) is 0 Å². The number of rotatable bonds is 3. The van der Waals surface area contributed by atoms with E-state index in [1.807, 2.05) is 13.8 Å². The molecule has 2 N–H and O–H groups in total. The molecule has 0 radical (unpaired) electrons. The van der Waals surface area contributed by atoms with Gasteiger partial charge in [-0.1, -0.05) is 20.8 Å². The Labute approximate surface area is 173 Å². The van der Waals surface area contributed by atoms with Crippen LogP contribution in [0.1, 0.15) is 106 Å². The Hall–Kier alpha value is -0.0800. The van der Waals surface area contributed by atoms with Crippen LogP contribution in [0.2, 0.25) is 0 Å². The molecule has 0 heterocycles. The van der Waals surface area contributed by atoms with Gasteiger partial charge in [-0.15, -0.1) is 0 Å². The second-order valence-electron chi connectivity index (χ2n) is 13.1. The quantitative estimate of drug-likeness (QED) is 0.603. The highest BCUT2D eigenvalue weighted by Gasteiger charge is 2.61. The molecule has 4 saturated carbocycles. The highest BCUT2D eigenvalue weighted by Crippen LogP contribution is 2.68. The molecule has 0 aromatic carbocycles. The highest BCUT2D eigenvalue weighted by atomic mass is 16.3. The standard InChI is InChI=1S/C26H46O2/c1-17(15-23(2,3)27)20-9-10-21-19-8-7-18-16-24(4,28)13-14-25(18,5)22(19)11-12-26(20,21)6/h17-22,27-28H,7-16H2,1-6H3. The zero-order valence-corrected chi connectivity index (χ0v) is 19.4. The lowest BCUT2D eigenvalue weighted by atomic mass is 9.43. The summed E-state index contributed by atoms with van der Waals surface area (Å²) in [5.74, 6) is 4.80. The smallest absolute Gasteiger partial charge is 0.0622 e. The van der Waals surface area contributed by atoms with E-state index in [-0.39, 0.29) is 0 Å². The zero-order chi connectivity index (χ0) is 20.5. The summed E-state index contributed by atoms with van der Waals surface area (Å²) < 4.78 is 0. The maximum atomic E-state index is 10.7. The van der Waals surface area contributed by atoms with Gasteiger partial charge in [-0.3, -0.25) is 0 Å². The lowest BCUT2D eigenvalue weighted by molar-refractivity contribution is -0.148. The van der Waals surface area contributed by atoms with Crippen LogP contribution in [0.25, 0.3) is 0 Å². The van der Waals surface area contributed by atoms with Crippen molar-refractivity contribution in [2.45, 2.75) is 117 Å². The van der Waals surface area contributed by atoms with Crippen molar-refractivity contribution in [3.8, 4) is 0 Å². The van der Waals surface area contributed by atoms with E-state index in [2.05, 4.69) is 27.7 Å². The lowest BCUT2D eigenvalue weighted by Gasteiger charge is -2.62. The van der Waals surface area contributed by atoms with Gasteiger partial charge in [0.25, 0.3) is 0 Å². The van der Waals surface area contributed by atoms with Gasteiger partial charge in [0.1, 0.15) is 0 Å². The van der Waals surface area contributed by atoms with Gasteiger partial charge in [0.15, 0.2) is 0 Å². The first kappa shape index (κ1) is 21.2. The Morgan fingerprint density at radius 3 is 2.25 bits per heavy atom. The first-order chi connectivity index (χ1) is 12.9. The minimum absolute atomic E-state index is 0.425. The molecule has 0 saturated heterocycles. The zero-order valence-electron chi connectivity index (χ0n) is 19.4. The predicted octanol–water partition coefficient (Wildman–Crippen LogP) is 6.19. The molecule has 0 aliphatic heterocycles. The first-order valence-electron chi connectivity index (χ1n) is 12.3. The minimum Gasteiger partial charge on any atom is -0.390 e. The third-order valence-corrected chi connectivity index (χ3v) is 10.5. The fraction of sp³-hybridized carbons (Fsp3) is 1.00. The molecule has 162 valence electrons. The minimum atomic E-state index is -0.546. The van der Waals surface area contributed by atoms with Crippen LogP contribution >= 0.6 is 0 Å². The highest BCUT2D eigenvalue weighted by molar-refractivity contribution is 5.10. The second-order valence-corrected chi connectivity index (χ2v) is 13.1. The largest absolute Gasteiger partial charge is 0.390 e. The van der Waals surface area contributed by atoms with Crippen molar-refractivity contribution in [2.24, 2.45) is 46.3 Å². The third-order valence-electron chi connectivity index (χ3n) is 10.5. The van der Waals surface area contributed by atoms with Gasteiger partial charge in [-0.05, 0) is 131 Å². The summed E-state index contributed by atoms with van der Waals surface area (Å²) in [6.45, 7) is 13.7. The normalized spacial score (nSPS) is 52.5. The van der Waals surface area contributed by atoms with E-state index in [0.29, 0.717) is 16.7 Å². The number of hydrogen-bond acceptors (Lipinski definition) is 2. The van der Waals surface area contributed by atoms with Crippen molar-refractivity contribution in [2.75, 3.05) is 0 Å². The van der Waals surface area contributed by atoms with E-state index in [1.165, 1.54) is 44.9 Å². The summed E-state index contributed by atoms with van der Waals surface area (Å²) in [5.41, 5.74) is -0.0285. The molecule has 0 aromatic rings. The molecule has 2 heteroatoms. The maximum absolute atomic E-state index is 10.7. The molecule has 0 amide bonds. The SMILES string of the molecule is CC(CC(C)(C)O)C1CCC2C3CCC4CC(C)(O)CCC4(C)C3CCC12C. The summed E-state index contributed by atoms with van der Waals surface area (Å²) in [5, 5.41) is 21.1. The van der Waals surface area contributed by atoms with E-state index in [0.717, 1.165) is 48.9 Å². The first-order valence-corrected chi connectivity index (χ1v) is 12.3. The molecule has 4 rings (SSSR count). The van der Waals surface area contributed by atoms with Gasteiger partial charge in [0.05, 0.1) is 11.2 Å². The Balaban J connectivity index is 1.54. The van der Waals surface area contributed by atoms with E-state index in [9.17, 15) is 10.2 Å². The summed E-state index contributed by atoms with van der Waals surface area (Å²) in [7, 11) is 0. The van der Waals surface area contributed by atoms with Crippen LogP contribution in [0.3, 0.4) is 0 Å². The average Bonchev–Trinajstić information content (AvgIpc) is 2.91. The van der Waals surface area contributed by atoms with Crippen molar-refractivity contribution in [1.82, 2.24) is 0 Å². The average molecular weight is 391 g/mol. The third kappa shape index (κ3) is 3.39. The Morgan fingerprint density at radius 1 is 0.893 bits per heavy atom. The van der Waals surface area contributed by atoms with Crippen LogP contribution in [0.15, 0.2) is 0 Å². The monoisotopic (exact) mass is 390 g/mol. The van der Waals surface area contributed by atoms with E-state index in [4.69, 9.17) is 0 Å².